The molecule has 0 radical (unpaired) electrons. The molecule has 2 N–H and O–H groups in total. The van der Waals surface area contributed by atoms with Crippen molar-refractivity contribution in [2.75, 3.05) is 13.7 Å². The van der Waals surface area contributed by atoms with E-state index in [1.807, 2.05) is 18.3 Å². The Morgan fingerprint density at radius 3 is 2.94 bits per heavy atom. The molecule has 3 nitrogen and oxygen atoms in total. The van der Waals surface area contributed by atoms with Gasteiger partial charge in [-0.3, -0.25) is 4.98 Å². The topological polar surface area (TPSA) is 48.1 Å². The Hall–Kier alpha value is -1.45. The maximum Gasteiger partial charge on any atom is 0.0702 e. The fourth-order valence-electron chi connectivity index (χ4n) is 2.25. The molecule has 0 aliphatic heterocycles. The predicted molar refractivity (Wildman–Crippen MR) is 74.3 cm³/mol. The quantitative estimate of drug-likeness (QED) is 0.879. The Kier molecular flexibility index (Phi) is 4.28. The van der Waals surface area contributed by atoms with E-state index < -0.39 is 0 Å². The van der Waals surface area contributed by atoms with Gasteiger partial charge in [-0.15, -0.1) is 0 Å². The van der Waals surface area contributed by atoms with Gasteiger partial charge in [-0.05, 0) is 36.1 Å². The van der Waals surface area contributed by atoms with E-state index in [4.69, 9.17) is 10.5 Å². The number of nitrogens with zero attached hydrogens (tertiary/aromatic N) is 1. The van der Waals surface area contributed by atoms with Crippen molar-refractivity contribution in [3.05, 3.63) is 42.1 Å². The Labute approximate surface area is 108 Å². The minimum atomic E-state index is 0.0553. The number of nitrogens with two attached hydrogens (primary N) is 1. The Morgan fingerprint density at radius 1 is 1.33 bits per heavy atom. The van der Waals surface area contributed by atoms with Crippen molar-refractivity contribution >= 4 is 10.9 Å². The molecule has 2 unspecified atom stereocenters. The summed E-state index contributed by atoms with van der Waals surface area (Å²) in [6.07, 6.45) is 2.74. The Bertz CT molecular complexity index is 513. The number of methoxy groups -OCH3 is 1. The summed E-state index contributed by atoms with van der Waals surface area (Å²) in [5.74, 6) is 0.467. The summed E-state index contributed by atoms with van der Waals surface area (Å²) in [4.78, 5) is 4.31. The predicted octanol–water partition coefficient (Wildman–Crippen LogP) is 2.91. The summed E-state index contributed by atoms with van der Waals surface area (Å²) in [7, 11) is 1.73. The fraction of sp³-hybridized carbons (Fsp3) is 0.400. The van der Waals surface area contributed by atoms with E-state index in [1.54, 1.807) is 7.11 Å². The van der Waals surface area contributed by atoms with Crippen LogP contribution in [0.25, 0.3) is 10.9 Å². The van der Waals surface area contributed by atoms with Crippen LogP contribution in [0.5, 0.6) is 0 Å². The van der Waals surface area contributed by atoms with Crippen LogP contribution < -0.4 is 5.73 Å². The average Bonchev–Trinajstić information content (AvgIpc) is 2.38. The van der Waals surface area contributed by atoms with Crippen LogP contribution >= 0.6 is 0 Å². The first-order chi connectivity index (χ1) is 8.70. The molecule has 0 aliphatic carbocycles. The van der Waals surface area contributed by atoms with Crippen LogP contribution in [0.4, 0.5) is 0 Å². The summed E-state index contributed by atoms with van der Waals surface area (Å²) in [5.41, 5.74) is 8.42. The van der Waals surface area contributed by atoms with Gasteiger partial charge in [0.1, 0.15) is 0 Å². The van der Waals surface area contributed by atoms with E-state index in [-0.39, 0.29) is 6.04 Å². The van der Waals surface area contributed by atoms with Crippen LogP contribution in [0.3, 0.4) is 0 Å². The highest BCUT2D eigenvalue weighted by molar-refractivity contribution is 5.79. The van der Waals surface area contributed by atoms with Gasteiger partial charge in [0.05, 0.1) is 5.52 Å². The molecular formula is C15H20N2O. The Morgan fingerprint density at radius 2 is 2.17 bits per heavy atom. The third-order valence-corrected chi connectivity index (χ3v) is 3.16. The molecular weight excluding hydrogens is 224 g/mol. The molecule has 18 heavy (non-hydrogen) atoms. The molecule has 3 heteroatoms. The summed E-state index contributed by atoms with van der Waals surface area (Å²) in [6.45, 7) is 2.91. The molecule has 1 heterocycles. The van der Waals surface area contributed by atoms with Crippen LogP contribution in [-0.2, 0) is 4.74 Å². The van der Waals surface area contributed by atoms with Crippen LogP contribution in [-0.4, -0.2) is 18.7 Å². The van der Waals surface area contributed by atoms with Crippen LogP contribution in [0.1, 0.15) is 24.9 Å². The van der Waals surface area contributed by atoms with Crippen LogP contribution in [0.2, 0.25) is 0 Å². The molecule has 1 aromatic carbocycles. The standard InChI is InChI=1S/C15H20N2O/c1-11(10-18-2)8-14(16)12-5-6-15-13(9-12)4-3-7-17-15/h3-7,9,11,14H,8,10,16H2,1-2H3. The smallest absolute Gasteiger partial charge is 0.0702 e. The van der Waals surface area contributed by atoms with Gasteiger partial charge in [0.2, 0.25) is 0 Å². The normalized spacial score (nSPS) is 14.6. The number of hydrogen-bond donors (Lipinski definition) is 1. The maximum absolute atomic E-state index is 6.24. The molecule has 0 bridgehead atoms. The molecule has 0 amide bonds. The lowest BCUT2D eigenvalue weighted by Crippen LogP contribution is -2.16. The lowest BCUT2D eigenvalue weighted by atomic mass is 9.96. The summed E-state index contributed by atoms with van der Waals surface area (Å²) < 4.78 is 5.15. The molecule has 2 rings (SSSR count). The summed E-state index contributed by atoms with van der Waals surface area (Å²) in [5, 5.41) is 1.14. The lowest BCUT2D eigenvalue weighted by Gasteiger charge is -2.17. The number of ether oxygens (including phenoxy) is 1. The van der Waals surface area contributed by atoms with E-state index in [9.17, 15) is 0 Å². The minimum Gasteiger partial charge on any atom is -0.384 e. The highest BCUT2D eigenvalue weighted by Crippen LogP contribution is 2.22. The first-order valence-corrected chi connectivity index (χ1v) is 6.30. The zero-order valence-corrected chi connectivity index (χ0v) is 11.0. The Balaban J connectivity index is 2.15. The van der Waals surface area contributed by atoms with E-state index in [0.29, 0.717) is 5.92 Å². The first-order valence-electron chi connectivity index (χ1n) is 6.30. The highest BCUT2D eigenvalue weighted by Gasteiger charge is 2.11. The molecule has 0 fully saturated rings. The number of hydrogen-bond acceptors (Lipinski definition) is 3. The maximum atomic E-state index is 6.24. The van der Waals surface area contributed by atoms with Crippen molar-refractivity contribution in [1.82, 2.24) is 4.98 Å². The molecule has 2 atom stereocenters. The third kappa shape index (κ3) is 3.06. The minimum absolute atomic E-state index is 0.0553. The second kappa shape index (κ2) is 5.94. The van der Waals surface area contributed by atoms with E-state index in [0.717, 1.165) is 23.9 Å². The van der Waals surface area contributed by atoms with E-state index >= 15 is 0 Å². The number of pyridine rings is 1. The molecule has 2 aromatic rings. The monoisotopic (exact) mass is 244 g/mol. The number of aromatic nitrogens is 1. The molecule has 96 valence electrons. The van der Waals surface area contributed by atoms with Crippen molar-refractivity contribution in [2.24, 2.45) is 11.7 Å². The highest BCUT2D eigenvalue weighted by atomic mass is 16.5. The van der Waals surface area contributed by atoms with Gasteiger partial charge in [-0.1, -0.05) is 19.1 Å². The van der Waals surface area contributed by atoms with Crippen molar-refractivity contribution in [3.63, 3.8) is 0 Å². The van der Waals surface area contributed by atoms with Crippen molar-refractivity contribution in [3.8, 4) is 0 Å². The number of fused-ring (bicyclic) bond motifs is 1. The van der Waals surface area contributed by atoms with Gasteiger partial charge in [0.15, 0.2) is 0 Å². The van der Waals surface area contributed by atoms with Gasteiger partial charge < -0.3 is 10.5 Å². The van der Waals surface area contributed by atoms with Crippen molar-refractivity contribution in [1.29, 1.82) is 0 Å². The average molecular weight is 244 g/mol. The second-order valence-corrected chi connectivity index (χ2v) is 4.86. The largest absolute Gasteiger partial charge is 0.384 e. The summed E-state index contributed by atoms with van der Waals surface area (Å²) in [6, 6.07) is 10.3. The molecule has 1 aromatic heterocycles. The van der Waals surface area contributed by atoms with Gasteiger partial charge in [-0.2, -0.15) is 0 Å². The van der Waals surface area contributed by atoms with E-state index in [2.05, 4.69) is 30.1 Å². The zero-order chi connectivity index (χ0) is 13.0. The number of rotatable bonds is 5. The number of benzene rings is 1. The zero-order valence-electron chi connectivity index (χ0n) is 11.0. The SMILES string of the molecule is COCC(C)CC(N)c1ccc2ncccc2c1. The molecule has 0 saturated carbocycles. The van der Waals surface area contributed by atoms with Crippen molar-refractivity contribution in [2.45, 2.75) is 19.4 Å². The lowest BCUT2D eigenvalue weighted by molar-refractivity contribution is 0.152. The van der Waals surface area contributed by atoms with Crippen LogP contribution in [0, 0.1) is 5.92 Å². The van der Waals surface area contributed by atoms with Gasteiger partial charge in [0, 0.05) is 31.3 Å². The van der Waals surface area contributed by atoms with Crippen LogP contribution in [0.15, 0.2) is 36.5 Å². The van der Waals surface area contributed by atoms with Gasteiger partial charge in [-0.25, -0.2) is 0 Å². The van der Waals surface area contributed by atoms with Crippen molar-refractivity contribution < 1.29 is 4.74 Å². The molecule has 0 aliphatic rings. The third-order valence-electron chi connectivity index (χ3n) is 3.16. The molecule has 0 spiro atoms. The fourth-order valence-corrected chi connectivity index (χ4v) is 2.25. The summed E-state index contributed by atoms with van der Waals surface area (Å²) >= 11 is 0. The van der Waals surface area contributed by atoms with E-state index in [1.165, 1.54) is 5.56 Å². The molecule has 0 saturated heterocycles. The first kappa shape index (κ1) is 13.0. The second-order valence-electron chi connectivity index (χ2n) is 4.86. The van der Waals surface area contributed by atoms with Gasteiger partial charge in [0.25, 0.3) is 0 Å². The van der Waals surface area contributed by atoms with Gasteiger partial charge >= 0.3 is 0 Å².